The van der Waals surface area contributed by atoms with E-state index in [2.05, 4.69) is 63.5 Å². The fraction of sp³-hybridized carbons (Fsp3) is 0.577. The van der Waals surface area contributed by atoms with Gasteiger partial charge in [-0.3, -0.25) is 9.78 Å². The Labute approximate surface area is 205 Å². The monoisotopic (exact) mass is 484 g/mol. The summed E-state index contributed by atoms with van der Waals surface area (Å²) < 4.78 is 28.6. The minimum Gasteiger partial charge on any atom is -0.338 e. The molecule has 0 aliphatic carbocycles. The Morgan fingerprint density at radius 3 is 2.23 bits per heavy atom. The molecule has 3 aromatic rings. The van der Waals surface area contributed by atoms with Crippen molar-refractivity contribution in [3.63, 3.8) is 0 Å². The number of piperidine rings is 1. The van der Waals surface area contributed by atoms with Gasteiger partial charge in [0.25, 0.3) is 18.1 Å². The SMILES string of the molecule is C[C@@H]1CCN(C(=O)c2cc(C(C)(C)C)nc(C(C)(C)C)c2)C[C@H]1c1cc(C(F)F)nc2ncnn12. The Kier molecular flexibility index (Phi) is 6.40. The second-order valence-electron chi connectivity index (χ2n) is 11.6. The molecule has 7 nitrogen and oxygen atoms in total. The van der Waals surface area contributed by atoms with E-state index in [-0.39, 0.29) is 40.0 Å². The number of amides is 1. The third-order valence-corrected chi connectivity index (χ3v) is 6.76. The minimum absolute atomic E-state index is 0.0710. The van der Waals surface area contributed by atoms with Gasteiger partial charge in [-0.05, 0) is 30.5 Å². The molecular weight excluding hydrogens is 450 g/mol. The predicted octanol–water partition coefficient (Wildman–Crippen LogP) is 5.32. The number of carbonyl (C=O) groups excluding carboxylic acids is 1. The molecule has 1 fully saturated rings. The van der Waals surface area contributed by atoms with Gasteiger partial charge in [-0.1, -0.05) is 48.5 Å². The summed E-state index contributed by atoms with van der Waals surface area (Å²) in [5.41, 5.74) is 2.21. The van der Waals surface area contributed by atoms with E-state index in [1.807, 2.05) is 17.0 Å². The molecule has 0 saturated carbocycles. The first kappa shape index (κ1) is 25.1. The molecule has 2 atom stereocenters. The van der Waals surface area contributed by atoms with Crippen molar-refractivity contribution in [1.82, 2.24) is 29.5 Å². The van der Waals surface area contributed by atoms with Crippen LogP contribution in [-0.2, 0) is 10.8 Å². The summed E-state index contributed by atoms with van der Waals surface area (Å²) in [5, 5.41) is 4.22. The standard InChI is InChI=1S/C26H34F2N6O/c1-15-8-9-33(13-17(15)19-12-18(22(27)28)31-24-29-14-30-34(19)24)23(35)16-10-20(25(2,3)4)32-21(11-16)26(5,6)7/h10-12,14-15,17,22H,8-9,13H2,1-7H3/t15-,17-/m1/s1. The molecule has 9 heteroatoms. The van der Waals surface area contributed by atoms with Gasteiger partial charge < -0.3 is 4.90 Å². The summed E-state index contributed by atoms with van der Waals surface area (Å²) in [6.45, 7) is 15.6. The van der Waals surface area contributed by atoms with Crippen LogP contribution in [0.5, 0.6) is 0 Å². The molecule has 1 saturated heterocycles. The summed E-state index contributed by atoms with van der Waals surface area (Å²) in [6, 6.07) is 5.19. The number of alkyl halides is 2. The largest absolute Gasteiger partial charge is 0.338 e. The van der Waals surface area contributed by atoms with Gasteiger partial charge in [0.1, 0.15) is 12.0 Å². The van der Waals surface area contributed by atoms with E-state index in [9.17, 15) is 13.6 Å². The van der Waals surface area contributed by atoms with Crippen LogP contribution in [0.2, 0.25) is 0 Å². The van der Waals surface area contributed by atoms with Crippen molar-refractivity contribution in [2.75, 3.05) is 13.1 Å². The van der Waals surface area contributed by atoms with Gasteiger partial charge in [0.15, 0.2) is 0 Å². The number of fused-ring (bicyclic) bond motifs is 1. The molecule has 4 heterocycles. The maximum atomic E-state index is 13.8. The Morgan fingerprint density at radius 2 is 1.66 bits per heavy atom. The zero-order valence-corrected chi connectivity index (χ0v) is 21.5. The fourth-order valence-electron chi connectivity index (χ4n) is 4.47. The summed E-state index contributed by atoms with van der Waals surface area (Å²) >= 11 is 0. The molecule has 0 radical (unpaired) electrons. The van der Waals surface area contributed by atoms with E-state index >= 15 is 0 Å². The van der Waals surface area contributed by atoms with E-state index in [1.54, 1.807) is 0 Å². The zero-order valence-electron chi connectivity index (χ0n) is 21.5. The summed E-state index contributed by atoms with van der Waals surface area (Å²) in [7, 11) is 0. The van der Waals surface area contributed by atoms with Crippen LogP contribution in [0.3, 0.4) is 0 Å². The molecule has 1 aliphatic heterocycles. The van der Waals surface area contributed by atoms with Crippen LogP contribution in [0.15, 0.2) is 24.5 Å². The number of aromatic nitrogens is 5. The van der Waals surface area contributed by atoms with Crippen LogP contribution < -0.4 is 0 Å². The number of likely N-dealkylation sites (tertiary alicyclic amines) is 1. The summed E-state index contributed by atoms with van der Waals surface area (Å²) in [4.78, 5) is 28.4. The van der Waals surface area contributed by atoms with E-state index in [0.717, 1.165) is 17.8 Å². The highest BCUT2D eigenvalue weighted by atomic mass is 19.3. The highest BCUT2D eigenvalue weighted by Crippen LogP contribution is 2.35. The number of hydrogen-bond donors (Lipinski definition) is 0. The van der Waals surface area contributed by atoms with Crippen molar-refractivity contribution in [3.8, 4) is 0 Å². The molecule has 0 unspecified atom stereocenters. The molecule has 0 bridgehead atoms. The second kappa shape index (κ2) is 8.91. The molecular formula is C26H34F2N6O. The highest BCUT2D eigenvalue weighted by Gasteiger charge is 2.34. The molecule has 188 valence electrons. The molecule has 1 amide bonds. The van der Waals surface area contributed by atoms with Gasteiger partial charge in [0.2, 0.25) is 0 Å². The molecule has 4 rings (SSSR count). The third-order valence-electron chi connectivity index (χ3n) is 6.76. The number of carbonyl (C=O) groups is 1. The van der Waals surface area contributed by atoms with Crippen LogP contribution >= 0.6 is 0 Å². The number of rotatable bonds is 3. The van der Waals surface area contributed by atoms with Crippen molar-refractivity contribution in [1.29, 1.82) is 0 Å². The van der Waals surface area contributed by atoms with Crippen molar-refractivity contribution in [2.45, 2.75) is 78.1 Å². The van der Waals surface area contributed by atoms with E-state index in [1.165, 1.54) is 16.9 Å². The molecule has 3 aromatic heterocycles. The summed E-state index contributed by atoms with van der Waals surface area (Å²) in [5.74, 6) is 0.0704. The topological polar surface area (TPSA) is 76.3 Å². The molecule has 0 spiro atoms. The Balaban J connectivity index is 1.71. The minimum atomic E-state index is -2.71. The number of hydrogen-bond acceptors (Lipinski definition) is 5. The molecule has 1 aliphatic rings. The lowest BCUT2D eigenvalue weighted by molar-refractivity contribution is 0.0665. The normalized spacial score (nSPS) is 19.5. The first-order valence-corrected chi connectivity index (χ1v) is 12.1. The highest BCUT2D eigenvalue weighted by molar-refractivity contribution is 5.94. The van der Waals surface area contributed by atoms with Crippen molar-refractivity contribution >= 4 is 11.7 Å². The lowest BCUT2D eigenvalue weighted by Crippen LogP contribution is -2.43. The van der Waals surface area contributed by atoms with Crippen LogP contribution in [0, 0.1) is 5.92 Å². The lowest BCUT2D eigenvalue weighted by atomic mass is 9.83. The summed E-state index contributed by atoms with van der Waals surface area (Å²) in [6.07, 6.45) is -0.644. The van der Waals surface area contributed by atoms with Crippen molar-refractivity contribution in [3.05, 3.63) is 52.9 Å². The smallest absolute Gasteiger partial charge is 0.280 e. The van der Waals surface area contributed by atoms with E-state index in [0.29, 0.717) is 24.3 Å². The number of halogens is 2. The van der Waals surface area contributed by atoms with Crippen molar-refractivity contribution < 1.29 is 13.6 Å². The average molecular weight is 485 g/mol. The number of nitrogens with zero attached hydrogens (tertiary/aromatic N) is 6. The van der Waals surface area contributed by atoms with Gasteiger partial charge in [-0.25, -0.2) is 18.3 Å². The molecule has 35 heavy (non-hydrogen) atoms. The van der Waals surface area contributed by atoms with Crippen LogP contribution in [0.25, 0.3) is 5.78 Å². The maximum Gasteiger partial charge on any atom is 0.280 e. The maximum absolute atomic E-state index is 13.8. The van der Waals surface area contributed by atoms with Gasteiger partial charge >= 0.3 is 0 Å². The van der Waals surface area contributed by atoms with Gasteiger partial charge in [0, 0.05) is 46.8 Å². The van der Waals surface area contributed by atoms with Crippen LogP contribution in [-0.4, -0.2) is 48.5 Å². The van der Waals surface area contributed by atoms with Gasteiger partial charge in [0.05, 0.1) is 5.69 Å². The second-order valence-corrected chi connectivity index (χ2v) is 11.6. The van der Waals surface area contributed by atoms with Crippen LogP contribution in [0.1, 0.15) is 100 Å². The first-order chi connectivity index (χ1) is 16.3. The van der Waals surface area contributed by atoms with Crippen molar-refractivity contribution in [2.24, 2.45) is 5.92 Å². The lowest BCUT2D eigenvalue weighted by Gasteiger charge is -2.37. The van der Waals surface area contributed by atoms with E-state index in [4.69, 9.17) is 4.98 Å². The molecule has 0 aromatic carbocycles. The zero-order chi connectivity index (χ0) is 25.7. The first-order valence-electron chi connectivity index (χ1n) is 12.1. The van der Waals surface area contributed by atoms with Gasteiger partial charge in [-0.15, -0.1) is 0 Å². The van der Waals surface area contributed by atoms with E-state index < -0.39 is 6.43 Å². The Hall–Kier alpha value is -2.97. The quantitative estimate of drug-likeness (QED) is 0.503. The number of pyridine rings is 1. The average Bonchev–Trinajstić information content (AvgIpc) is 3.25. The Morgan fingerprint density at radius 1 is 1.03 bits per heavy atom. The Bertz CT molecular complexity index is 1210. The van der Waals surface area contributed by atoms with Crippen LogP contribution in [0.4, 0.5) is 8.78 Å². The third kappa shape index (κ3) is 5.04. The fourth-order valence-corrected chi connectivity index (χ4v) is 4.47. The molecule has 0 N–H and O–H groups in total. The predicted molar refractivity (Wildman–Crippen MR) is 130 cm³/mol. The van der Waals surface area contributed by atoms with Gasteiger partial charge in [-0.2, -0.15) is 10.1 Å².